The molecule has 0 aromatic rings. The highest BCUT2D eigenvalue weighted by Gasteiger charge is 2.44. The highest BCUT2D eigenvalue weighted by Crippen LogP contribution is 2.49. The van der Waals surface area contributed by atoms with Crippen molar-refractivity contribution < 1.29 is 4.79 Å². The SMILES string of the molecule is CC(NC(=O)C1(N)CCCC1)C1CC2CCC1C2.Cl. The summed E-state index contributed by atoms with van der Waals surface area (Å²) in [4.78, 5) is 12.3. The first-order valence-corrected chi connectivity index (χ1v) is 7.68. The second-order valence-electron chi connectivity index (χ2n) is 6.96. The van der Waals surface area contributed by atoms with Crippen LogP contribution in [0.2, 0.25) is 0 Å². The van der Waals surface area contributed by atoms with Gasteiger partial charge in [-0.2, -0.15) is 0 Å². The van der Waals surface area contributed by atoms with Crippen LogP contribution in [0, 0.1) is 17.8 Å². The van der Waals surface area contributed by atoms with Crippen LogP contribution < -0.4 is 11.1 Å². The zero-order valence-corrected chi connectivity index (χ0v) is 12.7. The summed E-state index contributed by atoms with van der Waals surface area (Å²) in [6.45, 7) is 2.18. The summed E-state index contributed by atoms with van der Waals surface area (Å²) in [7, 11) is 0. The number of carbonyl (C=O) groups is 1. The van der Waals surface area contributed by atoms with Crippen molar-refractivity contribution in [2.24, 2.45) is 23.5 Å². The number of rotatable bonds is 3. The van der Waals surface area contributed by atoms with E-state index < -0.39 is 5.54 Å². The van der Waals surface area contributed by atoms with Gasteiger partial charge in [0.05, 0.1) is 5.54 Å². The predicted molar refractivity (Wildman–Crippen MR) is 79.2 cm³/mol. The fourth-order valence-corrected chi connectivity index (χ4v) is 4.60. The largest absolute Gasteiger partial charge is 0.352 e. The van der Waals surface area contributed by atoms with Crippen LogP contribution in [0.4, 0.5) is 0 Å². The molecule has 0 radical (unpaired) electrons. The molecule has 0 spiro atoms. The number of hydrogen-bond acceptors (Lipinski definition) is 2. The van der Waals surface area contributed by atoms with Crippen molar-refractivity contribution >= 4 is 18.3 Å². The first kappa shape index (κ1) is 15.1. The van der Waals surface area contributed by atoms with E-state index in [0.717, 1.165) is 37.5 Å². The Morgan fingerprint density at radius 2 is 1.95 bits per heavy atom. The first-order valence-electron chi connectivity index (χ1n) is 7.68. The molecule has 0 aromatic heterocycles. The average molecular weight is 287 g/mol. The van der Waals surface area contributed by atoms with E-state index in [2.05, 4.69) is 12.2 Å². The monoisotopic (exact) mass is 286 g/mol. The molecular weight excluding hydrogens is 260 g/mol. The van der Waals surface area contributed by atoms with Gasteiger partial charge in [0.2, 0.25) is 5.91 Å². The Morgan fingerprint density at radius 3 is 2.47 bits per heavy atom. The lowest BCUT2D eigenvalue weighted by molar-refractivity contribution is -0.127. The van der Waals surface area contributed by atoms with Gasteiger partial charge in [0.25, 0.3) is 0 Å². The van der Waals surface area contributed by atoms with E-state index in [9.17, 15) is 4.79 Å². The van der Waals surface area contributed by atoms with E-state index in [4.69, 9.17) is 5.73 Å². The van der Waals surface area contributed by atoms with E-state index in [-0.39, 0.29) is 18.3 Å². The smallest absolute Gasteiger partial charge is 0.240 e. The quantitative estimate of drug-likeness (QED) is 0.838. The molecule has 0 aromatic carbocycles. The molecule has 3 rings (SSSR count). The zero-order valence-electron chi connectivity index (χ0n) is 11.9. The number of nitrogens with one attached hydrogen (secondary N) is 1. The lowest BCUT2D eigenvalue weighted by Crippen LogP contribution is -2.55. The van der Waals surface area contributed by atoms with Crippen molar-refractivity contribution in [2.75, 3.05) is 0 Å². The minimum Gasteiger partial charge on any atom is -0.352 e. The highest BCUT2D eigenvalue weighted by atomic mass is 35.5. The number of hydrogen-bond donors (Lipinski definition) is 2. The summed E-state index contributed by atoms with van der Waals surface area (Å²) in [5, 5.41) is 3.23. The van der Waals surface area contributed by atoms with E-state index in [1.54, 1.807) is 0 Å². The Bertz CT molecular complexity index is 341. The molecule has 3 saturated carbocycles. The third-order valence-corrected chi connectivity index (χ3v) is 5.74. The molecule has 0 saturated heterocycles. The van der Waals surface area contributed by atoms with Crippen LogP contribution in [0.3, 0.4) is 0 Å². The number of amides is 1. The maximum absolute atomic E-state index is 12.3. The minimum absolute atomic E-state index is 0. The standard InChI is InChI=1S/C15H26N2O.ClH/c1-10(13-9-11-4-5-12(13)8-11)17-14(18)15(16)6-2-3-7-15;/h10-13H,2-9,16H2,1H3,(H,17,18);1H. The lowest BCUT2D eigenvalue weighted by Gasteiger charge is -2.31. The summed E-state index contributed by atoms with van der Waals surface area (Å²) in [6, 6.07) is 0.314. The van der Waals surface area contributed by atoms with Crippen molar-refractivity contribution in [1.29, 1.82) is 0 Å². The maximum Gasteiger partial charge on any atom is 0.240 e. The van der Waals surface area contributed by atoms with Crippen LogP contribution in [-0.4, -0.2) is 17.5 Å². The summed E-state index contributed by atoms with van der Waals surface area (Å²) < 4.78 is 0. The third-order valence-electron chi connectivity index (χ3n) is 5.74. The van der Waals surface area contributed by atoms with E-state index in [0.29, 0.717) is 12.0 Å². The molecule has 4 heteroatoms. The molecule has 3 fully saturated rings. The fourth-order valence-electron chi connectivity index (χ4n) is 4.60. The van der Waals surface area contributed by atoms with Crippen LogP contribution in [0.25, 0.3) is 0 Å². The fraction of sp³-hybridized carbons (Fsp3) is 0.933. The molecule has 0 aliphatic heterocycles. The van der Waals surface area contributed by atoms with Gasteiger partial charge in [0.15, 0.2) is 0 Å². The molecule has 4 atom stereocenters. The van der Waals surface area contributed by atoms with Crippen molar-refractivity contribution in [3.63, 3.8) is 0 Å². The van der Waals surface area contributed by atoms with Gasteiger partial charge < -0.3 is 11.1 Å². The summed E-state index contributed by atoms with van der Waals surface area (Å²) in [6.07, 6.45) is 9.46. The molecule has 3 nitrogen and oxygen atoms in total. The molecule has 3 aliphatic rings. The minimum atomic E-state index is -0.564. The summed E-state index contributed by atoms with van der Waals surface area (Å²) in [5.74, 6) is 2.62. The van der Waals surface area contributed by atoms with E-state index >= 15 is 0 Å². The molecule has 0 heterocycles. The summed E-state index contributed by atoms with van der Waals surface area (Å²) in [5.41, 5.74) is 5.65. The van der Waals surface area contributed by atoms with Gasteiger partial charge in [-0.1, -0.05) is 19.3 Å². The van der Waals surface area contributed by atoms with Gasteiger partial charge in [-0.15, -0.1) is 12.4 Å². The van der Waals surface area contributed by atoms with Crippen LogP contribution in [0.15, 0.2) is 0 Å². The highest BCUT2D eigenvalue weighted by molar-refractivity contribution is 5.86. The van der Waals surface area contributed by atoms with Crippen LogP contribution in [0.1, 0.15) is 58.3 Å². The van der Waals surface area contributed by atoms with Gasteiger partial charge in [-0.05, 0) is 56.8 Å². The Labute approximate surface area is 122 Å². The molecule has 1 amide bonds. The number of halogens is 1. The van der Waals surface area contributed by atoms with Crippen LogP contribution >= 0.6 is 12.4 Å². The zero-order chi connectivity index (χ0) is 12.8. The van der Waals surface area contributed by atoms with Crippen molar-refractivity contribution in [1.82, 2.24) is 5.32 Å². The molecule has 19 heavy (non-hydrogen) atoms. The number of fused-ring (bicyclic) bond motifs is 2. The van der Waals surface area contributed by atoms with Crippen LogP contribution in [0.5, 0.6) is 0 Å². The second-order valence-corrected chi connectivity index (χ2v) is 6.96. The van der Waals surface area contributed by atoms with Crippen LogP contribution in [-0.2, 0) is 4.79 Å². The summed E-state index contributed by atoms with van der Waals surface area (Å²) >= 11 is 0. The Balaban J connectivity index is 0.00000133. The molecule has 3 aliphatic carbocycles. The topological polar surface area (TPSA) is 55.1 Å². The van der Waals surface area contributed by atoms with Crippen molar-refractivity contribution in [3.8, 4) is 0 Å². The first-order chi connectivity index (χ1) is 8.58. The Kier molecular flexibility index (Phi) is 4.46. The number of nitrogens with two attached hydrogens (primary N) is 1. The van der Waals surface area contributed by atoms with Crippen molar-refractivity contribution in [2.45, 2.75) is 69.9 Å². The van der Waals surface area contributed by atoms with Gasteiger partial charge >= 0.3 is 0 Å². The maximum atomic E-state index is 12.3. The molecule has 110 valence electrons. The molecule has 3 N–H and O–H groups in total. The molecule has 2 bridgehead atoms. The van der Waals surface area contributed by atoms with Gasteiger partial charge in [-0.3, -0.25) is 4.79 Å². The van der Waals surface area contributed by atoms with Crippen molar-refractivity contribution in [3.05, 3.63) is 0 Å². The number of carbonyl (C=O) groups excluding carboxylic acids is 1. The third kappa shape index (κ3) is 2.78. The van der Waals surface area contributed by atoms with E-state index in [1.165, 1.54) is 25.7 Å². The normalized spacial score (nSPS) is 36.8. The Morgan fingerprint density at radius 1 is 1.26 bits per heavy atom. The average Bonchev–Trinajstić information content (AvgIpc) is 3.04. The van der Waals surface area contributed by atoms with Gasteiger partial charge in [-0.25, -0.2) is 0 Å². The Hall–Kier alpha value is -0.280. The second kappa shape index (κ2) is 5.61. The van der Waals surface area contributed by atoms with E-state index in [1.807, 2.05) is 0 Å². The van der Waals surface area contributed by atoms with Gasteiger partial charge in [0.1, 0.15) is 0 Å². The predicted octanol–water partition coefficient (Wildman–Crippen LogP) is 2.62. The molecular formula is C15H27ClN2O. The molecule has 4 unspecified atom stereocenters. The lowest BCUT2D eigenvalue weighted by atomic mass is 9.83. The van der Waals surface area contributed by atoms with Gasteiger partial charge in [0, 0.05) is 6.04 Å².